The van der Waals surface area contributed by atoms with Crippen LogP contribution in [0.25, 0.3) is 0 Å². The molecule has 0 amide bonds. The zero-order valence-corrected chi connectivity index (χ0v) is 11.3. The van der Waals surface area contributed by atoms with E-state index in [4.69, 9.17) is 4.74 Å². The lowest BCUT2D eigenvalue weighted by atomic mass is 9.95. The summed E-state index contributed by atoms with van der Waals surface area (Å²) in [5.41, 5.74) is 1.57. The number of rotatable bonds is 6. The molecule has 1 aromatic heterocycles. The van der Waals surface area contributed by atoms with Crippen molar-refractivity contribution in [3.63, 3.8) is 0 Å². The lowest BCUT2D eigenvalue weighted by Crippen LogP contribution is -2.28. The monoisotopic (exact) mass is 237 g/mol. The van der Waals surface area contributed by atoms with Gasteiger partial charge in [-0.25, -0.2) is 0 Å². The molecule has 1 atom stereocenters. The molecule has 0 aromatic carbocycles. The molecule has 2 rings (SSSR count). The van der Waals surface area contributed by atoms with E-state index in [1.54, 1.807) is 7.11 Å². The van der Waals surface area contributed by atoms with Crippen LogP contribution in [0.3, 0.4) is 0 Å². The van der Waals surface area contributed by atoms with Gasteiger partial charge in [0.1, 0.15) is 0 Å². The summed E-state index contributed by atoms with van der Waals surface area (Å²) in [6.07, 6.45) is 5.48. The van der Waals surface area contributed by atoms with Gasteiger partial charge < -0.3 is 10.1 Å². The van der Waals surface area contributed by atoms with E-state index in [1.807, 2.05) is 13.2 Å². The fourth-order valence-corrected chi connectivity index (χ4v) is 2.52. The molecule has 0 radical (unpaired) electrons. The minimum absolute atomic E-state index is 0.339. The Hall–Kier alpha value is -1.03. The first-order valence-electron chi connectivity index (χ1n) is 6.43. The van der Waals surface area contributed by atoms with E-state index in [-0.39, 0.29) is 0 Å². The van der Waals surface area contributed by atoms with Crippen LogP contribution >= 0.6 is 0 Å². The van der Waals surface area contributed by atoms with Crippen molar-refractivity contribution >= 4 is 0 Å². The molecule has 1 N–H and O–H groups in total. The summed E-state index contributed by atoms with van der Waals surface area (Å²) in [7, 11) is 3.75. The van der Waals surface area contributed by atoms with Crippen molar-refractivity contribution in [3.05, 3.63) is 11.9 Å². The molecule has 1 heterocycles. The molecule has 4 heteroatoms. The molecule has 96 valence electrons. The molecule has 1 unspecified atom stereocenters. The summed E-state index contributed by atoms with van der Waals surface area (Å²) in [6, 6.07) is 0.339. The summed E-state index contributed by atoms with van der Waals surface area (Å²) in [5.74, 6) is 0.908. The summed E-state index contributed by atoms with van der Waals surface area (Å²) < 4.78 is 7.54. The van der Waals surface area contributed by atoms with E-state index >= 15 is 0 Å². The molecule has 1 saturated carbocycles. The van der Waals surface area contributed by atoms with E-state index in [2.05, 4.69) is 28.9 Å². The third kappa shape index (κ3) is 2.18. The first-order chi connectivity index (χ1) is 8.16. The Morgan fingerprint density at radius 1 is 1.59 bits per heavy atom. The molecule has 1 aliphatic rings. The largest absolute Gasteiger partial charge is 0.493 e. The molecule has 17 heavy (non-hydrogen) atoms. The van der Waals surface area contributed by atoms with Crippen molar-refractivity contribution in [1.82, 2.24) is 15.1 Å². The average Bonchev–Trinajstić information content (AvgIpc) is 2.93. The molecular formula is C13H23N3O. The Labute approximate surface area is 103 Å². The molecule has 1 aliphatic carbocycles. The Morgan fingerprint density at radius 2 is 2.29 bits per heavy atom. The fourth-order valence-electron chi connectivity index (χ4n) is 2.52. The summed E-state index contributed by atoms with van der Waals surface area (Å²) in [5, 5.41) is 7.88. The van der Waals surface area contributed by atoms with Gasteiger partial charge in [0, 0.05) is 6.54 Å². The van der Waals surface area contributed by atoms with Crippen LogP contribution in [0.1, 0.15) is 44.8 Å². The second-order valence-corrected chi connectivity index (χ2v) is 5.20. The zero-order valence-electron chi connectivity index (χ0n) is 11.3. The van der Waals surface area contributed by atoms with Crippen LogP contribution in [-0.4, -0.2) is 23.9 Å². The van der Waals surface area contributed by atoms with Gasteiger partial charge in [0.2, 0.25) is 0 Å². The predicted octanol–water partition coefficient (Wildman–Crippen LogP) is 2.36. The van der Waals surface area contributed by atoms with Gasteiger partial charge in [0.15, 0.2) is 5.75 Å². The molecule has 1 aromatic rings. The second-order valence-electron chi connectivity index (χ2n) is 5.20. The van der Waals surface area contributed by atoms with Gasteiger partial charge in [-0.3, -0.25) is 4.68 Å². The van der Waals surface area contributed by atoms with Gasteiger partial charge in [-0.2, -0.15) is 5.10 Å². The third-order valence-electron chi connectivity index (χ3n) is 3.80. The maximum atomic E-state index is 5.45. The predicted molar refractivity (Wildman–Crippen MR) is 68.2 cm³/mol. The Balaban J connectivity index is 2.36. The van der Waals surface area contributed by atoms with E-state index < -0.39 is 0 Å². The second kappa shape index (κ2) is 4.69. The number of aryl methyl sites for hydroxylation is 1. The smallest absolute Gasteiger partial charge is 0.161 e. The summed E-state index contributed by atoms with van der Waals surface area (Å²) in [4.78, 5) is 0. The lowest BCUT2D eigenvalue weighted by molar-refractivity contribution is 0.337. The summed E-state index contributed by atoms with van der Waals surface area (Å²) >= 11 is 0. The van der Waals surface area contributed by atoms with Crippen LogP contribution in [0.2, 0.25) is 0 Å². The topological polar surface area (TPSA) is 39.1 Å². The molecule has 1 fully saturated rings. The van der Waals surface area contributed by atoms with Gasteiger partial charge in [-0.1, -0.05) is 13.8 Å². The quantitative estimate of drug-likeness (QED) is 0.825. The lowest BCUT2D eigenvalue weighted by Gasteiger charge is -2.25. The van der Waals surface area contributed by atoms with Crippen LogP contribution in [0.15, 0.2) is 6.20 Å². The van der Waals surface area contributed by atoms with Crippen LogP contribution in [0.5, 0.6) is 5.75 Å². The van der Waals surface area contributed by atoms with Gasteiger partial charge in [0.25, 0.3) is 0 Å². The van der Waals surface area contributed by atoms with Crippen molar-refractivity contribution in [2.45, 2.75) is 45.7 Å². The van der Waals surface area contributed by atoms with Crippen LogP contribution in [0, 0.1) is 5.41 Å². The first kappa shape index (κ1) is 12.4. The fraction of sp³-hybridized carbons (Fsp3) is 0.769. The maximum absolute atomic E-state index is 5.45. The van der Waals surface area contributed by atoms with Gasteiger partial charge in [-0.15, -0.1) is 0 Å². The number of methoxy groups -OCH3 is 1. The van der Waals surface area contributed by atoms with E-state index in [0.29, 0.717) is 11.5 Å². The third-order valence-corrected chi connectivity index (χ3v) is 3.80. The number of nitrogens with zero attached hydrogens (tertiary/aromatic N) is 2. The average molecular weight is 237 g/mol. The zero-order chi connectivity index (χ0) is 12.5. The van der Waals surface area contributed by atoms with Crippen molar-refractivity contribution in [2.24, 2.45) is 5.41 Å². The molecule has 0 spiro atoms. The van der Waals surface area contributed by atoms with E-state index in [9.17, 15) is 0 Å². The maximum Gasteiger partial charge on any atom is 0.161 e. The van der Waals surface area contributed by atoms with Gasteiger partial charge in [0.05, 0.1) is 25.0 Å². The number of hydrogen-bond acceptors (Lipinski definition) is 3. The molecular weight excluding hydrogens is 214 g/mol. The van der Waals surface area contributed by atoms with Crippen molar-refractivity contribution in [3.8, 4) is 5.75 Å². The van der Waals surface area contributed by atoms with Crippen LogP contribution < -0.4 is 10.1 Å². The Kier molecular flexibility index (Phi) is 3.43. The summed E-state index contributed by atoms with van der Waals surface area (Å²) in [6.45, 7) is 5.45. The van der Waals surface area contributed by atoms with Crippen molar-refractivity contribution < 1.29 is 4.74 Å². The highest BCUT2D eigenvalue weighted by atomic mass is 16.5. The Morgan fingerprint density at radius 3 is 2.76 bits per heavy atom. The Bertz CT molecular complexity index is 382. The van der Waals surface area contributed by atoms with Crippen molar-refractivity contribution in [2.75, 3.05) is 14.2 Å². The highest BCUT2D eigenvalue weighted by Crippen LogP contribution is 2.55. The first-order valence-corrected chi connectivity index (χ1v) is 6.43. The normalized spacial score (nSPS) is 19.1. The number of nitrogens with one attached hydrogen (secondary N) is 1. The van der Waals surface area contributed by atoms with Crippen LogP contribution in [-0.2, 0) is 6.54 Å². The number of ether oxygens (including phenoxy) is 1. The van der Waals surface area contributed by atoms with Gasteiger partial charge in [-0.05, 0) is 31.7 Å². The van der Waals surface area contributed by atoms with E-state index in [1.165, 1.54) is 18.5 Å². The minimum Gasteiger partial charge on any atom is -0.493 e. The molecule has 0 aliphatic heterocycles. The standard InChI is InChI=1S/C13H23N3O/c1-5-8-16-11(10(17-4)9-15-16)12(14-3)13(2)6-7-13/h9,12,14H,5-8H2,1-4H3. The highest BCUT2D eigenvalue weighted by molar-refractivity contribution is 5.31. The molecule has 0 bridgehead atoms. The van der Waals surface area contributed by atoms with Crippen LogP contribution in [0.4, 0.5) is 0 Å². The molecule has 0 saturated heterocycles. The van der Waals surface area contributed by atoms with Gasteiger partial charge >= 0.3 is 0 Å². The highest BCUT2D eigenvalue weighted by Gasteiger charge is 2.47. The van der Waals surface area contributed by atoms with Crippen molar-refractivity contribution in [1.29, 1.82) is 0 Å². The number of aromatic nitrogens is 2. The number of hydrogen-bond donors (Lipinski definition) is 1. The minimum atomic E-state index is 0.339. The SMILES string of the molecule is CCCn1ncc(OC)c1C(NC)C1(C)CC1. The van der Waals surface area contributed by atoms with E-state index in [0.717, 1.165) is 18.7 Å². The molecule has 4 nitrogen and oxygen atoms in total.